The number of anilines is 2. The number of amides is 2. The van der Waals surface area contributed by atoms with Crippen molar-refractivity contribution in [2.45, 2.75) is 6.18 Å². The number of hydrogen-bond acceptors (Lipinski definition) is 3. The molecule has 0 aliphatic rings. The Hall–Kier alpha value is -2.90. The van der Waals surface area contributed by atoms with E-state index in [1.165, 1.54) is 12.1 Å². The molecule has 22 heavy (non-hydrogen) atoms. The number of para-hydroxylation sites is 1. The number of alkyl halides is 3. The molecule has 2 aromatic rings. The van der Waals surface area contributed by atoms with Crippen molar-refractivity contribution in [2.24, 2.45) is 0 Å². The molecule has 4 N–H and O–H groups in total. The van der Waals surface area contributed by atoms with Gasteiger partial charge in [-0.1, -0.05) is 12.1 Å². The number of halogens is 3. The first-order chi connectivity index (χ1) is 10.3. The zero-order valence-corrected chi connectivity index (χ0v) is 11.0. The number of carbonyl (C=O) groups excluding carboxylic acids is 1. The molecule has 2 aromatic carbocycles. The van der Waals surface area contributed by atoms with Gasteiger partial charge in [-0.25, -0.2) is 4.79 Å². The molecule has 0 spiro atoms. The van der Waals surface area contributed by atoms with Gasteiger partial charge in [-0.05, 0) is 12.1 Å². The molecule has 116 valence electrons. The molecule has 0 unspecified atom stereocenters. The standard InChI is InChI=1S/C14H11F3N2O3/c15-14(16,17)11-3-1-2-4-12(11)19-13(22)18-8-5-9(20)7-10(21)6-8/h1-7,20-21H,(H2,18,19,22). The second kappa shape index (κ2) is 5.84. The molecule has 8 heteroatoms. The van der Waals surface area contributed by atoms with E-state index in [0.717, 1.165) is 30.3 Å². The number of phenolic OH excluding ortho intramolecular Hbond substituents is 2. The summed E-state index contributed by atoms with van der Waals surface area (Å²) < 4.78 is 38.4. The van der Waals surface area contributed by atoms with Crippen LogP contribution in [-0.4, -0.2) is 16.2 Å². The summed E-state index contributed by atoms with van der Waals surface area (Å²) in [4.78, 5) is 11.7. The minimum absolute atomic E-state index is 0.0273. The van der Waals surface area contributed by atoms with Gasteiger partial charge in [-0.2, -0.15) is 13.2 Å². The van der Waals surface area contributed by atoms with Crippen molar-refractivity contribution in [3.8, 4) is 11.5 Å². The highest BCUT2D eigenvalue weighted by atomic mass is 19.4. The monoisotopic (exact) mass is 312 g/mol. The average molecular weight is 312 g/mol. The van der Waals surface area contributed by atoms with Crippen molar-refractivity contribution in [3.63, 3.8) is 0 Å². The zero-order valence-electron chi connectivity index (χ0n) is 11.0. The average Bonchev–Trinajstić information content (AvgIpc) is 2.36. The van der Waals surface area contributed by atoms with Gasteiger partial charge >= 0.3 is 12.2 Å². The quantitative estimate of drug-likeness (QED) is 0.681. The third-order valence-electron chi connectivity index (χ3n) is 2.64. The summed E-state index contributed by atoms with van der Waals surface area (Å²) in [5.41, 5.74) is -1.36. The second-order valence-corrected chi connectivity index (χ2v) is 4.36. The maximum absolute atomic E-state index is 12.8. The summed E-state index contributed by atoms with van der Waals surface area (Å²) in [6, 6.07) is 6.88. The van der Waals surface area contributed by atoms with Gasteiger partial charge < -0.3 is 20.8 Å². The van der Waals surface area contributed by atoms with E-state index in [9.17, 15) is 28.2 Å². The Kier molecular flexibility index (Phi) is 4.11. The molecular weight excluding hydrogens is 301 g/mol. The predicted octanol–water partition coefficient (Wildman–Crippen LogP) is 3.76. The summed E-state index contributed by atoms with van der Waals surface area (Å²) in [7, 11) is 0. The van der Waals surface area contributed by atoms with Crippen LogP contribution < -0.4 is 10.6 Å². The molecule has 2 rings (SSSR count). The van der Waals surface area contributed by atoms with Crippen molar-refractivity contribution in [1.29, 1.82) is 0 Å². The van der Waals surface area contributed by atoms with Crippen LogP contribution in [0.3, 0.4) is 0 Å². The van der Waals surface area contributed by atoms with Crippen molar-refractivity contribution in [2.75, 3.05) is 10.6 Å². The highest BCUT2D eigenvalue weighted by Crippen LogP contribution is 2.34. The molecule has 0 atom stereocenters. The van der Waals surface area contributed by atoms with Crippen LogP contribution in [0.25, 0.3) is 0 Å². The lowest BCUT2D eigenvalue weighted by Gasteiger charge is -2.14. The van der Waals surface area contributed by atoms with Crippen molar-refractivity contribution >= 4 is 17.4 Å². The minimum atomic E-state index is -4.60. The molecular formula is C14H11F3N2O3. The topological polar surface area (TPSA) is 81.6 Å². The van der Waals surface area contributed by atoms with E-state index in [2.05, 4.69) is 10.6 Å². The van der Waals surface area contributed by atoms with E-state index >= 15 is 0 Å². The van der Waals surface area contributed by atoms with Crippen LogP contribution in [0.2, 0.25) is 0 Å². The lowest BCUT2D eigenvalue weighted by Crippen LogP contribution is -2.21. The highest BCUT2D eigenvalue weighted by Gasteiger charge is 2.33. The summed E-state index contributed by atoms with van der Waals surface area (Å²) >= 11 is 0. The highest BCUT2D eigenvalue weighted by molar-refractivity contribution is 6.00. The molecule has 0 heterocycles. The number of urea groups is 1. The fourth-order valence-electron chi connectivity index (χ4n) is 1.79. The minimum Gasteiger partial charge on any atom is -0.508 e. The first kappa shape index (κ1) is 15.5. The van der Waals surface area contributed by atoms with Gasteiger partial charge in [-0.15, -0.1) is 0 Å². The first-order valence-corrected chi connectivity index (χ1v) is 6.03. The van der Waals surface area contributed by atoms with E-state index < -0.39 is 23.5 Å². The van der Waals surface area contributed by atoms with Crippen LogP contribution in [0.4, 0.5) is 29.3 Å². The maximum atomic E-state index is 12.8. The van der Waals surface area contributed by atoms with Crippen LogP contribution >= 0.6 is 0 Å². The zero-order chi connectivity index (χ0) is 16.3. The van der Waals surface area contributed by atoms with E-state index in [4.69, 9.17) is 0 Å². The van der Waals surface area contributed by atoms with Gasteiger partial charge in [0.05, 0.1) is 11.3 Å². The van der Waals surface area contributed by atoms with Crippen LogP contribution in [0.1, 0.15) is 5.56 Å². The first-order valence-electron chi connectivity index (χ1n) is 6.03. The van der Waals surface area contributed by atoms with E-state index in [-0.39, 0.29) is 17.2 Å². The molecule has 5 nitrogen and oxygen atoms in total. The number of hydrogen-bond donors (Lipinski definition) is 4. The number of rotatable bonds is 2. The maximum Gasteiger partial charge on any atom is 0.418 e. The lowest BCUT2D eigenvalue weighted by atomic mass is 10.1. The Morgan fingerprint density at radius 1 is 0.955 bits per heavy atom. The predicted molar refractivity (Wildman–Crippen MR) is 73.9 cm³/mol. The summed E-state index contributed by atoms with van der Waals surface area (Å²) in [5, 5.41) is 22.8. The second-order valence-electron chi connectivity index (χ2n) is 4.36. The molecule has 0 radical (unpaired) electrons. The van der Waals surface area contributed by atoms with Gasteiger partial charge in [0.2, 0.25) is 0 Å². The molecule has 0 saturated heterocycles. The number of aromatic hydroxyl groups is 2. The smallest absolute Gasteiger partial charge is 0.418 e. The molecule has 2 amide bonds. The fraction of sp³-hybridized carbons (Fsp3) is 0.0714. The normalized spacial score (nSPS) is 11.0. The summed E-state index contributed by atoms with van der Waals surface area (Å²) in [5.74, 6) is -0.600. The van der Waals surface area contributed by atoms with Crippen molar-refractivity contribution in [1.82, 2.24) is 0 Å². The van der Waals surface area contributed by atoms with Gasteiger partial charge in [0.25, 0.3) is 0 Å². The Labute approximate surface area is 123 Å². The Bertz CT molecular complexity index is 682. The van der Waals surface area contributed by atoms with Gasteiger partial charge in [-0.3, -0.25) is 0 Å². The van der Waals surface area contributed by atoms with E-state index in [1.807, 2.05) is 0 Å². The van der Waals surface area contributed by atoms with Gasteiger partial charge in [0.1, 0.15) is 11.5 Å². The van der Waals surface area contributed by atoms with E-state index in [1.54, 1.807) is 0 Å². The lowest BCUT2D eigenvalue weighted by molar-refractivity contribution is -0.136. The Morgan fingerprint density at radius 3 is 2.14 bits per heavy atom. The van der Waals surface area contributed by atoms with Crippen LogP contribution in [0.5, 0.6) is 11.5 Å². The summed E-state index contributed by atoms with van der Waals surface area (Å²) in [6.45, 7) is 0. The van der Waals surface area contributed by atoms with Gasteiger partial charge in [0.15, 0.2) is 0 Å². The molecule has 0 saturated carbocycles. The Balaban J connectivity index is 2.16. The van der Waals surface area contributed by atoms with Crippen LogP contribution in [0.15, 0.2) is 42.5 Å². The largest absolute Gasteiger partial charge is 0.508 e. The third kappa shape index (κ3) is 3.81. The van der Waals surface area contributed by atoms with Crippen molar-refractivity contribution < 1.29 is 28.2 Å². The molecule has 0 fully saturated rings. The molecule has 0 aliphatic carbocycles. The van der Waals surface area contributed by atoms with Crippen LogP contribution in [0, 0.1) is 0 Å². The van der Waals surface area contributed by atoms with Gasteiger partial charge in [0, 0.05) is 23.9 Å². The number of phenols is 2. The van der Waals surface area contributed by atoms with Crippen molar-refractivity contribution in [3.05, 3.63) is 48.0 Å². The number of carbonyl (C=O) groups is 1. The van der Waals surface area contributed by atoms with E-state index in [0.29, 0.717) is 0 Å². The molecule has 0 bridgehead atoms. The summed E-state index contributed by atoms with van der Waals surface area (Å²) in [6.07, 6.45) is -4.60. The number of nitrogens with one attached hydrogen (secondary N) is 2. The molecule has 0 aromatic heterocycles. The molecule has 0 aliphatic heterocycles. The third-order valence-corrected chi connectivity index (χ3v) is 2.64. The fourth-order valence-corrected chi connectivity index (χ4v) is 1.79. The SMILES string of the molecule is O=C(Nc1cc(O)cc(O)c1)Nc1ccccc1C(F)(F)F. The Morgan fingerprint density at radius 2 is 1.55 bits per heavy atom. The number of benzene rings is 2. The van der Waals surface area contributed by atoms with Crippen LogP contribution in [-0.2, 0) is 6.18 Å².